The number of rotatable bonds is 9. The van der Waals surface area contributed by atoms with E-state index in [4.69, 9.17) is 4.74 Å². The second-order valence-corrected chi connectivity index (χ2v) is 9.11. The van der Waals surface area contributed by atoms with Crippen LogP contribution in [0.25, 0.3) is 0 Å². The molecule has 0 fully saturated rings. The summed E-state index contributed by atoms with van der Waals surface area (Å²) < 4.78 is 32.0. The summed E-state index contributed by atoms with van der Waals surface area (Å²) in [6, 6.07) is 6.45. The number of ether oxygens (including phenoxy) is 1. The highest BCUT2D eigenvalue weighted by atomic mass is 32.2. The van der Waals surface area contributed by atoms with E-state index in [1.807, 2.05) is 26.2 Å². The Morgan fingerprint density at radius 1 is 1.38 bits per heavy atom. The maximum atomic E-state index is 12.3. The smallest absolute Gasteiger partial charge is 0.264 e. The van der Waals surface area contributed by atoms with Crippen molar-refractivity contribution in [1.82, 2.24) is 9.71 Å². The van der Waals surface area contributed by atoms with Gasteiger partial charge < -0.3 is 4.74 Å². The molecule has 0 aliphatic carbocycles. The molecule has 1 atom stereocenters. The van der Waals surface area contributed by atoms with Crippen LogP contribution in [-0.2, 0) is 16.6 Å². The third-order valence-electron chi connectivity index (χ3n) is 3.68. The van der Waals surface area contributed by atoms with E-state index in [9.17, 15) is 13.2 Å². The summed E-state index contributed by atoms with van der Waals surface area (Å²) in [6.07, 6.45) is 1.71. The lowest BCUT2D eigenvalue weighted by atomic mass is 10.1. The lowest BCUT2D eigenvalue weighted by Gasteiger charge is -2.12. The number of nitrogens with zero attached hydrogens (tertiary/aromatic N) is 1. The molecule has 142 valence electrons. The van der Waals surface area contributed by atoms with Gasteiger partial charge in [0.1, 0.15) is 12.4 Å². The van der Waals surface area contributed by atoms with Crippen LogP contribution >= 0.6 is 11.3 Å². The van der Waals surface area contributed by atoms with Crippen LogP contribution in [0.5, 0.6) is 5.75 Å². The van der Waals surface area contributed by atoms with Crippen molar-refractivity contribution in [3.63, 3.8) is 0 Å². The molecule has 0 aliphatic rings. The van der Waals surface area contributed by atoms with Crippen molar-refractivity contribution in [2.24, 2.45) is 5.92 Å². The SMILES string of the molecule is CCCC(C)CS(=O)(=O)NC(=O)c1cccc(OCc2csc(C)n2)c1. The fourth-order valence-corrected chi connectivity index (χ4v) is 4.55. The third-order valence-corrected chi connectivity index (χ3v) is 6.01. The zero-order valence-electron chi connectivity index (χ0n) is 15.2. The van der Waals surface area contributed by atoms with Crippen LogP contribution in [0.3, 0.4) is 0 Å². The number of amides is 1. The van der Waals surface area contributed by atoms with Crippen molar-refractivity contribution in [2.45, 2.75) is 40.2 Å². The minimum atomic E-state index is -3.66. The van der Waals surface area contributed by atoms with Crippen LogP contribution in [0, 0.1) is 12.8 Å². The summed E-state index contributed by atoms with van der Waals surface area (Å²) in [5.41, 5.74) is 1.05. The zero-order valence-corrected chi connectivity index (χ0v) is 16.8. The number of hydrogen-bond donors (Lipinski definition) is 1. The lowest BCUT2D eigenvalue weighted by Crippen LogP contribution is -2.34. The van der Waals surface area contributed by atoms with E-state index in [1.54, 1.807) is 29.5 Å². The minimum absolute atomic E-state index is 0.00142. The van der Waals surface area contributed by atoms with E-state index >= 15 is 0 Å². The highest BCUT2D eigenvalue weighted by Crippen LogP contribution is 2.17. The molecule has 0 radical (unpaired) electrons. The molecule has 1 aromatic carbocycles. The number of nitrogens with one attached hydrogen (secondary N) is 1. The molecule has 1 aromatic heterocycles. The van der Waals surface area contributed by atoms with Crippen LogP contribution < -0.4 is 9.46 Å². The maximum absolute atomic E-state index is 12.3. The van der Waals surface area contributed by atoms with Gasteiger partial charge in [0.25, 0.3) is 5.91 Å². The fourth-order valence-electron chi connectivity index (χ4n) is 2.55. The summed E-state index contributed by atoms with van der Waals surface area (Å²) in [6.45, 7) is 6.07. The van der Waals surface area contributed by atoms with Gasteiger partial charge in [0.05, 0.1) is 16.5 Å². The standard InChI is InChI=1S/C18H24N2O4S2/c1-4-6-13(2)12-26(22,23)20-18(21)15-7-5-8-17(9-15)24-10-16-11-25-14(3)19-16/h5,7-9,11,13H,4,6,10,12H2,1-3H3,(H,20,21). The van der Waals surface area contributed by atoms with Gasteiger partial charge in [-0.05, 0) is 37.5 Å². The molecule has 6 nitrogen and oxygen atoms in total. The highest BCUT2D eigenvalue weighted by molar-refractivity contribution is 7.90. The Morgan fingerprint density at radius 2 is 2.15 bits per heavy atom. The molecule has 0 aliphatic heterocycles. The molecule has 1 amide bonds. The molecule has 2 aromatic rings. The van der Waals surface area contributed by atoms with E-state index in [-0.39, 0.29) is 17.2 Å². The van der Waals surface area contributed by atoms with Crippen LogP contribution in [0.15, 0.2) is 29.6 Å². The summed E-state index contributed by atoms with van der Waals surface area (Å²) >= 11 is 1.54. The predicted octanol–water partition coefficient (Wildman–Crippen LogP) is 3.53. The quantitative estimate of drug-likeness (QED) is 0.701. The minimum Gasteiger partial charge on any atom is -0.487 e. The topological polar surface area (TPSA) is 85.4 Å². The molecular formula is C18H24N2O4S2. The third kappa shape index (κ3) is 6.42. The van der Waals surface area contributed by atoms with E-state index in [1.165, 1.54) is 6.07 Å². The first-order valence-corrected chi connectivity index (χ1v) is 11.0. The van der Waals surface area contributed by atoms with Gasteiger partial charge in [0.15, 0.2) is 0 Å². The van der Waals surface area contributed by atoms with Gasteiger partial charge in [-0.15, -0.1) is 11.3 Å². The number of carbonyl (C=O) groups excluding carboxylic acids is 1. The van der Waals surface area contributed by atoms with E-state index in [2.05, 4.69) is 9.71 Å². The number of thiazole rings is 1. The Kier molecular flexibility index (Phi) is 7.16. The Labute approximate surface area is 158 Å². The average molecular weight is 397 g/mol. The molecule has 1 unspecified atom stereocenters. The first kappa shape index (κ1) is 20.4. The van der Waals surface area contributed by atoms with Gasteiger partial charge in [-0.25, -0.2) is 18.1 Å². The zero-order chi connectivity index (χ0) is 19.2. The largest absolute Gasteiger partial charge is 0.487 e. The summed E-state index contributed by atoms with van der Waals surface area (Å²) in [7, 11) is -3.66. The van der Waals surface area contributed by atoms with Crippen LogP contribution in [-0.4, -0.2) is 25.1 Å². The second-order valence-electron chi connectivity index (χ2n) is 6.28. The Balaban J connectivity index is 1.98. The van der Waals surface area contributed by atoms with Crippen LogP contribution in [0.4, 0.5) is 0 Å². The molecule has 0 saturated heterocycles. The lowest BCUT2D eigenvalue weighted by molar-refractivity contribution is 0.0981. The molecule has 2 rings (SSSR count). The molecule has 0 spiro atoms. The van der Waals surface area contributed by atoms with E-state index < -0.39 is 15.9 Å². The van der Waals surface area contributed by atoms with E-state index in [0.717, 1.165) is 23.5 Å². The summed E-state index contributed by atoms with van der Waals surface area (Å²) in [5, 5.41) is 2.87. The number of hydrogen-bond acceptors (Lipinski definition) is 6. The Morgan fingerprint density at radius 3 is 2.81 bits per heavy atom. The Bertz CT molecular complexity index is 846. The van der Waals surface area contributed by atoms with Crippen molar-refractivity contribution >= 4 is 27.3 Å². The maximum Gasteiger partial charge on any atom is 0.264 e. The van der Waals surface area contributed by atoms with Crippen molar-refractivity contribution in [1.29, 1.82) is 0 Å². The molecule has 8 heteroatoms. The first-order chi connectivity index (χ1) is 12.3. The number of benzene rings is 1. The number of aryl methyl sites for hydroxylation is 1. The fraction of sp³-hybridized carbons (Fsp3) is 0.444. The predicted molar refractivity (Wildman–Crippen MR) is 103 cm³/mol. The average Bonchev–Trinajstić information content (AvgIpc) is 2.98. The van der Waals surface area contributed by atoms with Gasteiger partial charge in [-0.2, -0.15) is 0 Å². The van der Waals surface area contributed by atoms with Crippen molar-refractivity contribution < 1.29 is 17.9 Å². The number of aromatic nitrogens is 1. The number of sulfonamides is 1. The second kappa shape index (κ2) is 9.14. The van der Waals surface area contributed by atoms with Crippen molar-refractivity contribution in [3.8, 4) is 5.75 Å². The monoisotopic (exact) mass is 396 g/mol. The molecule has 0 saturated carbocycles. The highest BCUT2D eigenvalue weighted by Gasteiger charge is 2.19. The van der Waals surface area contributed by atoms with Crippen molar-refractivity contribution in [2.75, 3.05) is 5.75 Å². The molecule has 26 heavy (non-hydrogen) atoms. The van der Waals surface area contributed by atoms with Crippen LogP contribution in [0.2, 0.25) is 0 Å². The molecule has 1 N–H and O–H groups in total. The summed E-state index contributed by atoms with van der Waals surface area (Å²) in [4.78, 5) is 16.6. The van der Waals surface area contributed by atoms with Crippen molar-refractivity contribution in [3.05, 3.63) is 45.9 Å². The van der Waals surface area contributed by atoms with Gasteiger partial charge in [0.2, 0.25) is 10.0 Å². The first-order valence-electron chi connectivity index (χ1n) is 8.47. The van der Waals surface area contributed by atoms with Crippen LogP contribution in [0.1, 0.15) is 47.7 Å². The van der Waals surface area contributed by atoms with E-state index in [0.29, 0.717) is 12.4 Å². The molecule has 1 heterocycles. The van der Waals surface area contributed by atoms with Gasteiger partial charge >= 0.3 is 0 Å². The number of carbonyl (C=O) groups is 1. The van der Waals surface area contributed by atoms with Gasteiger partial charge in [0, 0.05) is 10.9 Å². The normalized spacial score (nSPS) is 12.6. The Hall–Kier alpha value is -1.93. The summed E-state index contributed by atoms with van der Waals surface area (Å²) in [5.74, 6) is -0.225. The van der Waals surface area contributed by atoms with Gasteiger partial charge in [-0.3, -0.25) is 4.79 Å². The van der Waals surface area contributed by atoms with Gasteiger partial charge in [-0.1, -0.05) is 26.3 Å². The molecule has 0 bridgehead atoms. The molecular weight excluding hydrogens is 372 g/mol.